The van der Waals surface area contributed by atoms with E-state index in [9.17, 15) is 24.9 Å². The fourth-order valence-corrected chi connectivity index (χ4v) is 3.02. The molecule has 0 spiro atoms. The molecule has 4 unspecified atom stereocenters. The third-order valence-corrected chi connectivity index (χ3v) is 4.36. The highest BCUT2D eigenvalue weighted by Gasteiger charge is 2.58. The summed E-state index contributed by atoms with van der Waals surface area (Å²) in [5.74, 6) is -1.32. The van der Waals surface area contributed by atoms with E-state index in [4.69, 9.17) is 14.2 Å². The van der Waals surface area contributed by atoms with Gasteiger partial charge in [-0.25, -0.2) is 9.59 Å². The van der Waals surface area contributed by atoms with Crippen molar-refractivity contribution in [3.63, 3.8) is 0 Å². The van der Waals surface area contributed by atoms with Gasteiger partial charge in [0.2, 0.25) is 0 Å². The van der Waals surface area contributed by atoms with Gasteiger partial charge in [-0.2, -0.15) is 0 Å². The van der Waals surface area contributed by atoms with Crippen LogP contribution in [0.4, 0.5) is 0 Å². The molecule has 0 radical (unpaired) electrons. The van der Waals surface area contributed by atoms with Crippen molar-refractivity contribution in [1.82, 2.24) is 0 Å². The average Bonchev–Trinajstić information content (AvgIpc) is 2.83. The molecule has 134 valence electrons. The van der Waals surface area contributed by atoms with Crippen LogP contribution in [0.15, 0.2) is 24.3 Å². The highest BCUT2D eigenvalue weighted by atomic mass is 16.6. The number of aliphatic hydroxyl groups excluding tert-OH is 1. The molecule has 8 heteroatoms. The second kappa shape index (κ2) is 6.38. The standard InChI is InChI=1S/C17H18O8/c1-23-11-6-9(2-4-10(11)18)3-5-14(19)24-12-7-17(22)8-13(15(12)20)25-16(17)21/h2-6,12-13,15,18,20,22H,7-8H2,1H3. The van der Waals surface area contributed by atoms with Crippen LogP contribution in [0.3, 0.4) is 0 Å². The molecule has 3 N–H and O–H groups in total. The van der Waals surface area contributed by atoms with Gasteiger partial charge in [0.25, 0.3) is 0 Å². The molecule has 0 amide bonds. The Kier molecular flexibility index (Phi) is 4.40. The first-order chi connectivity index (χ1) is 11.8. The Bertz CT molecular complexity index is 727. The van der Waals surface area contributed by atoms with Crippen LogP contribution in [0.1, 0.15) is 18.4 Å². The summed E-state index contributed by atoms with van der Waals surface area (Å²) in [6, 6.07) is 4.53. The Morgan fingerprint density at radius 1 is 1.40 bits per heavy atom. The number of methoxy groups -OCH3 is 1. The van der Waals surface area contributed by atoms with Gasteiger partial charge >= 0.3 is 11.9 Å². The number of phenols is 1. The maximum Gasteiger partial charge on any atom is 0.338 e. The van der Waals surface area contributed by atoms with Crippen molar-refractivity contribution in [3.8, 4) is 11.5 Å². The van der Waals surface area contributed by atoms with Gasteiger partial charge < -0.3 is 29.5 Å². The second-order valence-corrected chi connectivity index (χ2v) is 6.11. The van der Waals surface area contributed by atoms with Crippen LogP contribution in [-0.4, -0.2) is 58.3 Å². The Hall–Kier alpha value is -2.58. The molecule has 1 aromatic carbocycles. The molecule has 3 rings (SSSR count). The maximum atomic E-state index is 12.0. The Balaban J connectivity index is 1.65. The van der Waals surface area contributed by atoms with E-state index in [1.807, 2.05) is 0 Å². The summed E-state index contributed by atoms with van der Waals surface area (Å²) < 4.78 is 15.0. The number of benzene rings is 1. The lowest BCUT2D eigenvalue weighted by Crippen LogP contribution is -2.50. The Morgan fingerprint density at radius 2 is 2.16 bits per heavy atom. The summed E-state index contributed by atoms with van der Waals surface area (Å²) in [6.45, 7) is 0. The molecular formula is C17H18O8. The molecule has 2 fully saturated rings. The van der Waals surface area contributed by atoms with Crippen molar-refractivity contribution in [1.29, 1.82) is 0 Å². The van der Waals surface area contributed by atoms with Crippen LogP contribution in [0.2, 0.25) is 0 Å². The molecule has 25 heavy (non-hydrogen) atoms. The van der Waals surface area contributed by atoms with E-state index in [-0.39, 0.29) is 24.3 Å². The van der Waals surface area contributed by atoms with Crippen LogP contribution in [0, 0.1) is 0 Å². The summed E-state index contributed by atoms with van der Waals surface area (Å²) in [6.07, 6.45) is -0.735. The summed E-state index contributed by atoms with van der Waals surface area (Å²) in [7, 11) is 1.41. The van der Waals surface area contributed by atoms with Crippen molar-refractivity contribution in [2.45, 2.75) is 36.8 Å². The number of hydrogen-bond acceptors (Lipinski definition) is 8. The molecule has 2 bridgehead atoms. The maximum absolute atomic E-state index is 12.0. The highest BCUT2D eigenvalue weighted by molar-refractivity contribution is 5.87. The number of fused-ring (bicyclic) bond motifs is 2. The number of esters is 2. The van der Waals surface area contributed by atoms with Gasteiger partial charge in [-0.15, -0.1) is 0 Å². The third kappa shape index (κ3) is 3.31. The number of aromatic hydroxyl groups is 1. The van der Waals surface area contributed by atoms with Gasteiger partial charge in [0.1, 0.15) is 18.3 Å². The lowest BCUT2D eigenvalue weighted by atomic mass is 9.82. The van der Waals surface area contributed by atoms with Gasteiger partial charge in [-0.1, -0.05) is 6.07 Å². The van der Waals surface area contributed by atoms with Crippen LogP contribution < -0.4 is 4.74 Å². The predicted octanol–water partition coefficient (Wildman–Crippen LogP) is 0.137. The van der Waals surface area contributed by atoms with Crippen LogP contribution in [0.5, 0.6) is 11.5 Å². The smallest absolute Gasteiger partial charge is 0.338 e. The summed E-state index contributed by atoms with van der Waals surface area (Å²) in [5, 5.41) is 29.8. The number of ether oxygens (including phenoxy) is 3. The van der Waals surface area contributed by atoms with E-state index < -0.39 is 35.9 Å². The fraction of sp³-hybridized carbons (Fsp3) is 0.412. The minimum absolute atomic E-state index is 0.00973. The van der Waals surface area contributed by atoms with E-state index in [0.29, 0.717) is 5.56 Å². The van der Waals surface area contributed by atoms with E-state index in [0.717, 1.165) is 6.08 Å². The molecular weight excluding hydrogens is 332 g/mol. The van der Waals surface area contributed by atoms with E-state index in [1.165, 1.54) is 25.3 Å². The Morgan fingerprint density at radius 3 is 2.88 bits per heavy atom. The molecule has 4 atom stereocenters. The molecule has 1 heterocycles. The van der Waals surface area contributed by atoms with Crippen LogP contribution in [-0.2, 0) is 19.1 Å². The molecule has 1 saturated carbocycles. The second-order valence-electron chi connectivity index (χ2n) is 6.11. The molecule has 0 aromatic heterocycles. The van der Waals surface area contributed by atoms with Gasteiger partial charge in [0.05, 0.1) is 7.11 Å². The Labute approximate surface area is 143 Å². The lowest BCUT2D eigenvalue weighted by Gasteiger charge is -2.32. The van der Waals surface area contributed by atoms with Gasteiger partial charge in [-0.3, -0.25) is 0 Å². The quantitative estimate of drug-likeness (QED) is 0.518. The number of hydrogen-bond donors (Lipinski definition) is 3. The van der Waals surface area contributed by atoms with Crippen LogP contribution >= 0.6 is 0 Å². The highest BCUT2D eigenvalue weighted by Crippen LogP contribution is 2.39. The first-order valence-electron chi connectivity index (χ1n) is 7.69. The third-order valence-electron chi connectivity index (χ3n) is 4.36. The van der Waals surface area contributed by atoms with Gasteiger partial charge in [0.15, 0.2) is 17.1 Å². The number of phenolic OH excluding ortho intramolecular Hbond substituents is 1. The summed E-state index contributed by atoms with van der Waals surface area (Å²) in [4.78, 5) is 23.5. The number of carbonyl (C=O) groups excluding carboxylic acids is 2. The van der Waals surface area contributed by atoms with Crippen molar-refractivity contribution in [2.75, 3.05) is 7.11 Å². The first kappa shape index (κ1) is 17.2. The van der Waals surface area contributed by atoms with Crippen molar-refractivity contribution < 1.29 is 39.1 Å². The van der Waals surface area contributed by atoms with E-state index in [1.54, 1.807) is 6.07 Å². The number of rotatable bonds is 4. The normalized spacial score (nSPS) is 31.0. The van der Waals surface area contributed by atoms with Crippen molar-refractivity contribution >= 4 is 18.0 Å². The minimum Gasteiger partial charge on any atom is -0.504 e. The predicted molar refractivity (Wildman–Crippen MR) is 83.6 cm³/mol. The molecule has 1 aliphatic heterocycles. The molecule has 1 saturated heterocycles. The lowest BCUT2D eigenvalue weighted by molar-refractivity contribution is -0.162. The topological polar surface area (TPSA) is 123 Å². The SMILES string of the molecule is COc1cc(C=CC(=O)OC2CC3(O)CC(OC3=O)C2O)ccc1O. The molecule has 8 nitrogen and oxygen atoms in total. The van der Waals surface area contributed by atoms with Gasteiger partial charge in [0, 0.05) is 18.9 Å². The first-order valence-corrected chi connectivity index (χ1v) is 7.69. The zero-order valence-electron chi connectivity index (χ0n) is 13.4. The minimum atomic E-state index is -1.72. The fourth-order valence-electron chi connectivity index (χ4n) is 3.02. The van der Waals surface area contributed by atoms with Gasteiger partial charge in [-0.05, 0) is 23.8 Å². The van der Waals surface area contributed by atoms with Crippen molar-refractivity contribution in [2.24, 2.45) is 0 Å². The summed E-state index contributed by atoms with van der Waals surface area (Å²) in [5.41, 5.74) is -1.13. The van der Waals surface area contributed by atoms with E-state index in [2.05, 4.69) is 0 Å². The molecule has 1 aromatic rings. The number of aliphatic hydroxyl groups is 2. The average molecular weight is 350 g/mol. The van der Waals surface area contributed by atoms with Crippen molar-refractivity contribution in [3.05, 3.63) is 29.8 Å². The zero-order chi connectivity index (χ0) is 18.2. The van der Waals surface area contributed by atoms with Crippen LogP contribution in [0.25, 0.3) is 6.08 Å². The number of carbonyl (C=O) groups is 2. The van der Waals surface area contributed by atoms with E-state index >= 15 is 0 Å². The molecule has 2 aliphatic rings. The molecule has 1 aliphatic carbocycles. The summed E-state index contributed by atoms with van der Waals surface area (Å²) >= 11 is 0. The largest absolute Gasteiger partial charge is 0.504 e. The monoisotopic (exact) mass is 350 g/mol. The zero-order valence-corrected chi connectivity index (χ0v) is 13.4.